The first-order chi connectivity index (χ1) is 8.16. The molecule has 1 nitrogen and oxygen atoms in total. The van der Waals surface area contributed by atoms with E-state index in [2.05, 4.69) is 83.5 Å². The van der Waals surface area contributed by atoms with Crippen LogP contribution in [0.25, 0.3) is 0 Å². The quantitative estimate of drug-likeness (QED) is 0.745. The third-order valence-electron chi connectivity index (χ3n) is 2.68. The van der Waals surface area contributed by atoms with Crippen LogP contribution >= 0.6 is 33.9 Å². The Labute approximate surface area is 120 Å². The van der Waals surface area contributed by atoms with Crippen molar-refractivity contribution in [2.45, 2.75) is 19.9 Å². The van der Waals surface area contributed by atoms with Crippen molar-refractivity contribution in [3.8, 4) is 0 Å². The molecule has 0 radical (unpaired) electrons. The van der Waals surface area contributed by atoms with E-state index < -0.39 is 0 Å². The van der Waals surface area contributed by atoms with Crippen molar-refractivity contribution in [2.24, 2.45) is 5.92 Å². The van der Waals surface area contributed by atoms with E-state index in [4.69, 9.17) is 0 Å². The smallest absolute Gasteiger partial charge is 0.0629 e. The Bertz CT molecular complexity index is 448. The molecule has 3 heteroatoms. The molecule has 1 N–H and O–H groups in total. The Hall–Kier alpha value is -0.550. The van der Waals surface area contributed by atoms with Crippen LogP contribution in [0.1, 0.15) is 24.8 Å². The van der Waals surface area contributed by atoms with E-state index >= 15 is 0 Å². The van der Waals surface area contributed by atoms with Crippen molar-refractivity contribution >= 4 is 39.6 Å². The summed E-state index contributed by atoms with van der Waals surface area (Å²) in [5.41, 5.74) is 1.19. The fraction of sp³-hybridized carbons (Fsp3) is 0.286. The molecule has 0 aliphatic heterocycles. The monoisotopic (exact) mass is 357 g/mol. The maximum Gasteiger partial charge on any atom is 0.0629 e. The highest BCUT2D eigenvalue weighted by Crippen LogP contribution is 2.29. The van der Waals surface area contributed by atoms with Crippen LogP contribution in [0.2, 0.25) is 0 Å². The molecule has 0 amide bonds. The van der Waals surface area contributed by atoms with Crippen LogP contribution in [0.4, 0.5) is 5.69 Å². The molecule has 1 unspecified atom stereocenters. The van der Waals surface area contributed by atoms with Crippen LogP contribution in [0.15, 0.2) is 41.8 Å². The largest absolute Gasteiger partial charge is 0.377 e. The minimum Gasteiger partial charge on any atom is -0.377 e. The highest BCUT2D eigenvalue weighted by molar-refractivity contribution is 14.1. The van der Waals surface area contributed by atoms with E-state index in [0.29, 0.717) is 12.0 Å². The zero-order valence-electron chi connectivity index (χ0n) is 9.98. The molecule has 0 aliphatic carbocycles. The van der Waals surface area contributed by atoms with E-state index in [-0.39, 0.29) is 0 Å². The maximum absolute atomic E-state index is 3.62. The second-order valence-corrected chi connectivity index (χ2v) is 6.61. The molecule has 0 saturated heterocycles. The van der Waals surface area contributed by atoms with Gasteiger partial charge >= 0.3 is 0 Å². The lowest BCUT2D eigenvalue weighted by atomic mass is 10.0. The summed E-state index contributed by atoms with van der Waals surface area (Å²) in [7, 11) is 0. The maximum atomic E-state index is 3.62. The first-order valence-corrected chi connectivity index (χ1v) is 7.68. The third kappa shape index (κ3) is 3.45. The molecule has 1 aromatic heterocycles. The second kappa shape index (κ2) is 5.87. The van der Waals surface area contributed by atoms with Crippen LogP contribution in [-0.4, -0.2) is 0 Å². The van der Waals surface area contributed by atoms with Gasteiger partial charge in [0.05, 0.1) is 6.04 Å². The van der Waals surface area contributed by atoms with Crippen molar-refractivity contribution in [2.75, 3.05) is 5.32 Å². The summed E-state index contributed by atoms with van der Waals surface area (Å²) in [5, 5.41) is 5.75. The van der Waals surface area contributed by atoms with Gasteiger partial charge in [-0.1, -0.05) is 19.9 Å². The number of rotatable bonds is 4. The number of anilines is 1. The van der Waals surface area contributed by atoms with Crippen LogP contribution in [-0.2, 0) is 0 Å². The lowest BCUT2D eigenvalue weighted by Crippen LogP contribution is -2.15. The van der Waals surface area contributed by atoms with Crippen LogP contribution in [0.3, 0.4) is 0 Å². The van der Waals surface area contributed by atoms with Gasteiger partial charge in [0.2, 0.25) is 0 Å². The Morgan fingerprint density at radius 1 is 1.12 bits per heavy atom. The summed E-state index contributed by atoms with van der Waals surface area (Å²) in [6.45, 7) is 4.51. The average molecular weight is 357 g/mol. The molecule has 0 saturated carbocycles. The Morgan fingerprint density at radius 2 is 1.82 bits per heavy atom. The van der Waals surface area contributed by atoms with E-state index in [9.17, 15) is 0 Å². The van der Waals surface area contributed by atoms with Gasteiger partial charge in [0, 0.05) is 14.1 Å². The van der Waals surface area contributed by atoms with Crippen LogP contribution < -0.4 is 5.32 Å². The van der Waals surface area contributed by atoms with E-state index in [1.807, 2.05) is 11.3 Å². The summed E-state index contributed by atoms with van der Waals surface area (Å²) in [4.78, 5) is 1.40. The third-order valence-corrected chi connectivity index (χ3v) is 4.36. The molecule has 0 spiro atoms. The van der Waals surface area contributed by atoms with Gasteiger partial charge in [0.25, 0.3) is 0 Å². The van der Waals surface area contributed by atoms with Crippen molar-refractivity contribution in [1.29, 1.82) is 0 Å². The Balaban J connectivity index is 2.16. The molecule has 1 atom stereocenters. The first-order valence-electron chi connectivity index (χ1n) is 5.72. The van der Waals surface area contributed by atoms with Crippen molar-refractivity contribution < 1.29 is 0 Å². The standard InChI is InChI=1S/C14H16INS/c1-10(2)14(13-4-3-9-17-13)16-12-7-5-11(15)6-8-12/h3-10,14,16H,1-2H3. The summed E-state index contributed by atoms with van der Waals surface area (Å²) >= 11 is 4.15. The van der Waals surface area contributed by atoms with Gasteiger partial charge in [-0.3, -0.25) is 0 Å². The first kappa shape index (κ1) is 12.9. The fourth-order valence-electron chi connectivity index (χ4n) is 1.76. The highest BCUT2D eigenvalue weighted by Gasteiger charge is 2.16. The molecule has 0 aliphatic rings. The summed E-state index contributed by atoms with van der Waals surface area (Å²) in [6.07, 6.45) is 0. The molecule has 2 aromatic rings. The van der Waals surface area contributed by atoms with Gasteiger partial charge in [0.15, 0.2) is 0 Å². The molecule has 0 bridgehead atoms. The average Bonchev–Trinajstić information content (AvgIpc) is 2.81. The predicted octanol–water partition coefficient (Wildman–Crippen LogP) is 5.16. The highest BCUT2D eigenvalue weighted by atomic mass is 127. The number of hydrogen-bond donors (Lipinski definition) is 1. The normalized spacial score (nSPS) is 12.7. The van der Waals surface area contributed by atoms with E-state index in [0.717, 1.165) is 0 Å². The molecule has 17 heavy (non-hydrogen) atoms. The second-order valence-electron chi connectivity index (χ2n) is 4.39. The number of hydrogen-bond acceptors (Lipinski definition) is 2. The summed E-state index contributed by atoms with van der Waals surface area (Å²) in [5.74, 6) is 0.577. The zero-order valence-corrected chi connectivity index (χ0v) is 13.0. The summed E-state index contributed by atoms with van der Waals surface area (Å²) in [6, 6.07) is 13.3. The number of halogens is 1. The number of thiophene rings is 1. The zero-order chi connectivity index (χ0) is 12.3. The number of benzene rings is 1. The molecule has 1 heterocycles. The van der Waals surface area contributed by atoms with Crippen LogP contribution in [0, 0.1) is 9.49 Å². The molecular weight excluding hydrogens is 341 g/mol. The van der Waals surface area contributed by atoms with Crippen molar-refractivity contribution in [3.63, 3.8) is 0 Å². The van der Waals surface area contributed by atoms with Gasteiger partial charge < -0.3 is 5.32 Å². The Kier molecular flexibility index (Phi) is 4.45. The molecular formula is C14H16INS. The van der Waals surface area contributed by atoms with E-state index in [1.165, 1.54) is 14.1 Å². The lowest BCUT2D eigenvalue weighted by molar-refractivity contribution is 0.554. The minimum atomic E-state index is 0.398. The van der Waals surface area contributed by atoms with Crippen molar-refractivity contribution in [1.82, 2.24) is 0 Å². The van der Waals surface area contributed by atoms with Crippen molar-refractivity contribution in [3.05, 3.63) is 50.2 Å². The summed E-state index contributed by atoms with van der Waals surface area (Å²) < 4.78 is 1.27. The lowest BCUT2D eigenvalue weighted by Gasteiger charge is -2.22. The van der Waals surface area contributed by atoms with E-state index in [1.54, 1.807) is 0 Å². The molecule has 1 aromatic carbocycles. The van der Waals surface area contributed by atoms with Gasteiger partial charge in [0.1, 0.15) is 0 Å². The molecule has 0 fully saturated rings. The molecule has 2 rings (SSSR count). The number of nitrogens with one attached hydrogen (secondary N) is 1. The fourth-order valence-corrected chi connectivity index (χ4v) is 3.07. The van der Waals surface area contributed by atoms with Gasteiger partial charge in [-0.25, -0.2) is 0 Å². The van der Waals surface area contributed by atoms with Crippen LogP contribution in [0.5, 0.6) is 0 Å². The topological polar surface area (TPSA) is 12.0 Å². The predicted molar refractivity (Wildman–Crippen MR) is 84.7 cm³/mol. The molecule has 90 valence electrons. The van der Waals surface area contributed by atoms with Gasteiger partial charge in [-0.05, 0) is 64.2 Å². The Morgan fingerprint density at radius 3 is 2.35 bits per heavy atom. The van der Waals surface area contributed by atoms with Gasteiger partial charge in [-0.15, -0.1) is 11.3 Å². The van der Waals surface area contributed by atoms with Gasteiger partial charge in [-0.2, -0.15) is 0 Å². The SMILES string of the molecule is CC(C)C(Nc1ccc(I)cc1)c1cccs1. The minimum absolute atomic E-state index is 0.398.